The Kier molecular flexibility index (Phi) is 2.92. The van der Waals surface area contributed by atoms with Gasteiger partial charge < -0.3 is 10.2 Å². The molecular formula is C11H9ClN2O2. The van der Waals surface area contributed by atoms with Crippen molar-refractivity contribution in [3.05, 3.63) is 40.8 Å². The van der Waals surface area contributed by atoms with Gasteiger partial charge in [0.2, 0.25) is 0 Å². The predicted molar refractivity (Wildman–Crippen MR) is 64.5 cm³/mol. The van der Waals surface area contributed by atoms with E-state index in [2.05, 4.69) is 4.99 Å². The van der Waals surface area contributed by atoms with Crippen LogP contribution in [0.4, 0.5) is 5.69 Å². The van der Waals surface area contributed by atoms with Gasteiger partial charge in [0.25, 0.3) is 0 Å². The summed E-state index contributed by atoms with van der Waals surface area (Å²) in [6.07, 6.45) is 1.36. The fraction of sp³-hybridized carbons (Fsp3) is 0.0909. The number of nitrogens with two attached hydrogens (primary N) is 1. The lowest BCUT2D eigenvalue weighted by Crippen LogP contribution is -2.12. The van der Waals surface area contributed by atoms with Gasteiger partial charge >= 0.3 is 0 Å². The van der Waals surface area contributed by atoms with Gasteiger partial charge in [0, 0.05) is 6.07 Å². The molecule has 2 rings (SSSR count). The molecule has 0 saturated carbocycles. The van der Waals surface area contributed by atoms with Crippen LogP contribution in [0.25, 0.3) is 11.0 Å². The van der Waals surface area contributed by atoms with E-state index in [1.165, 1.54) is 12.3 Å². The predicted octanol–water partition coefficient (Wildman–Crippen LogP) is 2.02. The van der Waals surface area contributed by atoms with Crippen molar-refractivity contribution in [3.63, 3.8) is 0 Å². The first-order valence-corrected chi connectivity index (χ1v) is 5.15. The first-order chi connectivity index (χ1) is 7.70. The Morgan fingerprint density at radius 3 is 3.00 bits per heavy atom. The van der Waals surface area contributed by atoms with Crippen molar-refractivity contribution < 1.29 is 4.42 Å². The van der Waals surface area contributed by atoms with Crippen LogP contribution in [0.5, 0.6) is 0 Å². The van der Waals surface area contributed by atoms with Crippen molar-refractivity contribution in [2.45, 2.75) is 0 Å². The number of aliphatic imine (C=N–C) groups is 1. The van der Waals surface area contributed by atoms with Crippen LogP contribution in [0.3, 0.4) is 0 Å². The molecule has 1 aromatic carbocycles. The Labute approximate surface area is 96.3 Å². The molecule has 0 radical (unpaired) electrons. The molecule has 0 fully saturated rings. The number of rotatable bonds is 2. The summed E-state index contributed by atoms with van der Waals surface area (Å²) >= 11 is 5.52. The number of alkyl halides is 1. The highest BCUT2D eigenvalue weighted by atomic mass is 35.5. The number of nitrogens with zero attached hydrogens (tertiary/aromatic N) is 1. The third-order valence-corrected chi connectivity index (χ3v) is 2.33. The molecular weight excluding hydrogens is 228 g/mol. The van der Waals surface area contributed by atoms with E-state index in [1.807, 2.05) is 0 Å². The minimum Gasteiger partial charge on any atom is -0.464 e. The molecule has 0 aliphatic rings. The zero-order valence-corrected chi connectivity index (χ0v) is 9.07. The second kappa shape index (κ2) is 4.37. The molecule has 0 saturated heterocycles. The van der Waals surface area contributed by atoms with Gasteiger partial charge in [-0.15, -0.1) is 11.6 Å². The van der Waals surface area contributed by atoms with Crippen LogP contribution < -0.4 is 11.2 Å². The first-order valence-electron chi connectivity index (χ1n) is 4.61. The molecule has 82 valence electrons. The summed E-state index contributed by atoms with van der Waals surface area (Å²) in [5, 5.41) is 0.478. The normalized spacial score (nSPS) is 11.9. The summed E-state index contributed by atoms with van der Waals surface area (Å²) in [7, 11) is 0. The fourth-order valence-electron chi connectivity index (χ4n) is 1.34. The summed E-state index contributed by atoms with van der Waals surface area (Å²) in [5.74, 6) is 0.461. The van der Waals surface area contributed by atoms with Crippen LogP contribution in [0.1, 0.15) is 0 Å². The Balaban J connectivity index is 2.60. The molecule has 0 amide bonds. The Hall–Kier alpha value is -1.81. The van der Waals surface area contributed by atoms with Gasteiger partial charge in [-0.2, -0.15) is 0 Å². The second-order valence-electron chi connectivity index (χ2n) is 3.20. The SMILES string of the molecule is NC(CCl)=Nc1ccc2occc(=O)c2c1. The largest absolute Gasteiger partial charge is 0.464 e. The third-order valence-electron chi connectivity index (χ3n) is 2.05. The molecule has 16 heavy (non-hydrogen) atoms. The maximum Gasteiger partial charge on any atom is 0.192 e. The van der Waals surface area contributed by atoms with Gasteiger partial charge in [-0.1, -0.05) is 0 Å². The lowest BCUT2D eigenvalue weighted by Gasteiger charge is -1.98. The summed E-state index contributed by atoms with van der Waals surface area (Å²) in [4.78, 5) is 15.6. The molecule has 0 spiro atoms. The van der Waals surface area contributed by atoms with Crippen LogP contribution in [0, 0.1) is 0 Å². The lowest BCUT2D eigenvalue weighted by molar-refractivity contribution is 0.602. The van der Waals surface area contributed by atoms with E-state index < -0.39 is 0 Å². The van der Waals surface area contributed by atoms with Crippen LogP contribution in [-0.4, -0.2) is 11.7 Å². The molecule has 2 aromatic rings. The van der Waals surface area contributed by atoms with Crippen LogP contribution >= 0.6 is 11.6 Å². The molecule has 0 atom stereocenters. The van der Waals surface area contributed by atoms with E-state index in [1.54, 1.807) is 18.2 Å². The smallest absolute Gasteiger partial charge is 0.192 e. The Morgan fingerprint density at radius 2 is 2.25 bits per heavy atom. The fourth-order valence-corrected chi connectivity index (χ4v) is 1.40. The van der Waals surface area contributed by atoms with E-state index in [9.17, 15) is 4.79 Å². The number of fused-ring (bicyclic) bond motifs is 1. The van der Waals surface area contributed by atoms with Gasteiger partial charge in [0.15, 0.2) is 5.43 Å². The summed E-state index contributed by atoms with van der Waals surface area (Å²) in [6.45, 7) is 0. The topological polar surface area (TPSA) is 68.6 Å². The summed E-state index contributed by atoms with van der Waals surface area (Å²) in [6, 6.07) is 6.38. The zero-order valence-electron chi connectivity index (χ0n) is 8.31. The number of hydrogen-bond acceptors (Lipinski definition) is 3. The van der Waals surface area contributed by atoms with Crippen molar-refractivity contribution >= 4 is 34.1 Å². The van der Waals surface area contributed by atoms with Crippen molar-refractivity contribution in [1.29, 1.82) is 0 Å². The lowest BCUT2D eigenvalue weighted by atomic mass is 10.2. The first kappa shape index (κ1) is 10.7. The molecule has 0 aliphatic carbocycles. The van der Waals surface area contributed by atoms with E-state index in [4.69, 9.17) is 21.8 Å². The minimum absolute atomic E-state index is 0.109. The van der Waals surface area contributed by atoms with Gasteiger partial charge in [0.1, 0.15) is 11.4 Å². The average molecular weight is 237 g/mol. The summed E-state index contributed by atoms with van der Waals surface area (Å²) in [5.41, 5.74) is 6.51. The molecule has 1 heterocycles. The van der Waals surface area contributed by atoms with Crippen molar-refractivity contribution in [3.8, 4) is 0 Å². The van der Waals surface area contributed by atoms with Crippen LogP contribution in [0.15, 0.2) is 44.7 Å². The van der Waals surface area contributed by atoms with E-state index in [0.29, 0.717) is 22.5 Å². The third kappa shape index (κ3) is 2.06. The number of benzene rings is 1. The molecule has 0 unspecified atom stereocenters. The molecule has 4 nitrogen and oxygen atoms in total. The molecule has 0 bridgehead atoms. The highest BCUT2D eigenvalue weighted by molar-refractivity contribution is 6.28. The Morgan fingerprint density at radius 1 is 1.44 bits per heavy atom. The van der Waals surface area contributed by atoms with E-state index in [0.717, 1.165) is 0 Å². The van der Waals surface area contributed by atoms with E-state index >= 15 is 0 Å². The highest BCUT2D eigenvalue weighted by Crippen LogP contribution is 2.18. The van der Waals surface area contributed by atoms with E-state index in [-0.39, 0.29) is 11.3 Å². The van der Waals surface area contributed by atoms with Crippen molar-refractivity contribution in [1.82, 2.24) is 0 Å². The standard InChI is InChI=1S/C11H9ClN2O2/c12-6-11(13)14-7-1-2-10-8(5-7)9(15)3-4-16-10/h1-5H,6H2,(H2,13,14). The molecule has 5 heteroatoms. The highest BCUT2D eigenvalue weighted by Gasteiger charge is 2.01. The number of halogens is 1. The van der Waals surface area contributed by atoms with Crippen LogP contribution in [-0.2, 0) is 0 Å². The summed E-state index contributed by atoms with van der Waals surface area (Å²) < 4.78 is 5.17. The molecule has 0 aliphatic heterocycles. The average Bonchev–Trinajstić information content (AvgIpc) is 2.30. The zero-order chi connectivity index (χ0) is 11.5. The van der Waals surface area contributed by atoms with Crippen LogP contribution in [0.2, 0.25) is 0 Å². The maximum absolute atomic E-state index is 11.5. The monoisotopic (exact) mass is 236 g/mol. The minimum atomic E-state index is -0.109. The van der Waals surface area contributed by atoms with Crippen molar-refractivity contribution in [2.75, 3.05) is 5.88 Å². The van der Waals surface area contributed by atoms with Gasteiger partial charge in [-0.05, 0) is 18.2 Å². The Bertz CT molecular complexity index is 604. The number of hydrogen-bond donors (Lipinski definition) is 1. The second-order valence-corrected chi connectivity index (χ2v) is 3.47. The maximum atomic E-state index is 11.5. The quantitative estimate of drug-likeness (QED) is 0.493. The van der Waals surface area contributed by atoms with Gasteiger partial charge in [-0.3, -0.25) is 4.79 Å². The molecule has 2 N–H and O–H groups in total. The number of amidine groups is 1. The van der Waals surface area contributed by atoms with Gasteiger partial charge in [0.05, 0.1) is 23.2 Å². The van der Waals surface area contributed by atoms with Gasteiger partial charge in [-0.25, -0.2) is 4.99 Å². The molecule has 1 aromatic heterocycles. The van der Waals surface area contributed by atoms with Crippen molar-refractivity contribution in [2.24, 2.45) is 10.7 Å².